The quantitative estimate of drug-likeness (QED) is 0.0567. The average molecular weight is 1030 g/mol. The Kier molecular flexibility index (Phi) is 20.3. The number of amides is 3. The zero-order valence-corrected chi connectivity index (χ0v) is 37.6. The molecule has 5 aliphatic rings. The van der Waals surface area contributed by atoms with E-state index in [9.17, 15) is 89.2 Å². The van der Waals surface area contributed by atoms with E-state index in [1.807, 2.05) is 0 Å². The molecule has 0 bridgehead atoms. The van der Waals surface area contributed by atoms with E-state index in [2.05, 4.69) is 20.1 Å². The first-order valence-electron chi connectivity index (χ1n) is 21.2. The maximum Gasteiger partial charge on any atom is 0.397 e. The average Bonchev–Trinajstić information content (AvgIpc) is 3.27. The van der Waals surface area contributed by atoms with Crippen LogP contribution < -0.4 is 16.0 Å². The van der Waals surface area contributed by atoms with Crippen LogP contribution >= 0.6 is 0 Å². The van der Waals surface area contributed by atoms with Gasteiger partial charge < -0.3 is 125 Å². The molecule has 0 aliphatic carbocycles. The van der Waals surface area contributed by atoms with Crippen molar-refractivity contribution in [3.63, 3.8) is 0 Å². The predicted octanol–water partition coefficient (Wildman–Crippen LogP) is -11.7. The Bertz CT molecular complexity index is 1810. The van der Waals surface area contributed by atoms with Crippen molar-refractivity contribution in [2.45, 2.75) is 174 Å². The third kappa shape index (κ3) is 13.7. The first-order valence-corrected chi connectivity index (χ1v) is 22.6. The summed E-state index contributed by atoms with van der Waals surface area (Å²) in [6.07, 6.45) is -41.1. The summed E-state index contributed by atoms with van der Waals surface area (Å²) in [6, 6.07) is -5.04. The van der Waals surface area contributed by atoms with Crippen molar-refractivity contribution in [2.24, 2.45) is 0 Å². The fourth-order valence-corrected chi connectivity index (χ4v) is 8.59. The smallest absolute Gasteiger partial charge is 0.394 e. The summed E-state index contributed by atoms with van der Waals surface area (Å²) in [4.78, 5) is 37.2. The summed E-state index contributed by atoms with van der Waals surface area (Å²) in [5.41, 5.74) is 0. The second kappa shape index (κ2) is 24.4. The predicted molar refractivity (Wildman–Crippen MR) is 212 cm³/mol. The van der Waals surface area contributed by atoms with Gasteiger partial charge in [0.1, 0.15) is 122 Å². The molecule has 17 N–H and O–H groups in total. The molecule has 5 fully saturated rings. The van der Waals surface area contributed by atoms with Gasteiger partial charge in [-0.25, -0.2) is 4.18 Å². The van der Waals surface area contributed by atoms with Crippen LogP contribution in [0.1, 0.15) is 20.8 Å². The molecular weight excluding hydrogens is 970 g/mol. The molecule has 33 heteroatoms. The van der Waals surface area contributed by atoms with Crippen LogP contribution in [-0.2, 0) is 71.6 Å². The van der Waals surface area contributed by atoms with Crippen LogP contribution in [0.5, 0.6) is 0 Å². The molecule has 32 nitrogen and oxygen atoms in total. The molecule has 0 radical (unpaired) electrons. The van der Waals surface area contributed by atoms with E-state index in [0.717, 1.165) is 20.8 Å². The first-order chi connectivity index (χ1) is 32.3. The van der Waals surface area contributed by atoms with Crippen molar-refractivity contribution >= 4 is 28.1 Å². The van der Waals surface area contributed by atoms with Gasteiger partial charge in [-0.3, -0.25) is 18.9 Å². The van der Waals surface area contributed by atoms with Crippen molar-refractivity contribution in [2.75, 3.05) is 33.0 Å². The minimum Gasteiger partial charge on any atom is -0.394 e. The van der Waals surface area contributed by atoms with Crippen LogP contribution in [0, 0.1) is 0 Å². The van der Waals surface area contributed by atoms with E-state index in [4.69, 9.17) is 47.2 Å². The van der Waals surface area contributed by atoms with Crippen molar-refractivity contribution in [3.8, 4) is 0 Å². The molecule has 0 saturated carbocycles. The molecule has 3 amide bonds. The Hall–Kier alpha value is -2.60. The standard InChI is InChI=1S/C36H61N3O29S/c1-9(43)37-17-23(49)29(67-36-28(54)26(52)21(47)16(65-36)8-60-69(56,57)58)13(5-41)63-33(17)59-7-15-22(48)31(19(32(55)61-15)39-11(3)45)68-34-18(38-10(2)44)24(50)30(14(6-42)64-34)66-35-27(53)25(51)20(46)12(4-40)62-35/h12-36,40-42,46-55H,4-8H2,1-3H3,(H,37,43)(H,38,44)(H,39,45)(H,56,57,58)/t12-,13-,14-,15-,16-,17-,18-,19-,20+,21+,22+,23-,24-,25+,26+,27-,28-,29-,30-,31-,32?,33-,34+,35+,36+/m1/s1. The van der Waals surface area contributed by atoms with Crippen LogP contribution in [-0.4, -0.2) is 283 Å². The Morgan fingerprint density at radius 1 is 0.449 bits per heavy atom. The van der Waals surface area contributed by atoms with Gasteiger partial charge in [-0.15, -0.1) is 0 Å². The molecule has 5 rings (SSSR count). The van der Waals surface area contributed by atoms with Gasteiger partial charge in [-0.2, -0.15) is 8.42 Å². The highest BCUT2D eigenvalue weighted by atomic mass is 32.3. The number of ether oxygens (including phenoxy) is 9. The summed E-state index contributed by atoms with van der Waals surface area (Å²) in [7, 11) is -5.08. The molecule has 0 aromatic carbocycles. The van der Waals surface area contributed by atoms with Gasteiger partial charge in [0.25, 0.3) is 0 Å². The topological polar surface area (TPSA) is 497 Å². The fraction of sp³-hybridized carbons (Fsp3) is 0.917. The molecule has 0 spiro atoms. The fourth-order valence-electron chi connectivity index (χ4n) is 8.28. The molecule has 1 unspecified atom stereocenters. The van der Waals surface area contributed by atoms with Crippen molar-refractivity contribution < 1.29 is 141 Å². The second-order valence-electron chi connectivity index (χ2n) is 16.7. The Morgan fingerprint density at radius 3 is 1.30 bits per heavy atom. The highest BCUT2D eigenvalue weighted by Gasteiger charge is 2.56. The zero-order chi connectivity index (χ0) is 51.4. The van der Waals surface area contributed by atoms with E-state index in [1.54, 1.807) is 0 Å². The number of hydrogen-bond donors (Lipinski definition) is 17. The van der Waals surface area contributed by atoms with Crippen LogP contribution in [0.25, 0.3) is 0 Å². The number of carbonyl (C=O) groups excluding carboxylic acids is 3. The number of aliphatic hydroxyl groups is 13. The van der Waals surface area contributed by atoms with E-state index < -0.39 is 214 Å². The molecule has 400 valence electrons. The molecule has 0 aromatic heterocycles. The zero-order valence-electron chi connectivity index (χ0n) is 36.8. The van der Waals surface area contributed by atoms with Gasteiger partial charge in [-0.05, 0) is 0 Å². The second-order valence-corrected chi connectivity index (χ2v) is 17.8. The maximum absolute atomic E-state index is 12.5. The van der Waals surface area contributed by atoms with Crippen LogP contribution in [0.15, 0.2) is 0 Å². The lowest BCUT2D eigenvalue weighted by Gasteiger charge is -2.50. The highest BCUT2D eigenvalue weighted by Crippen LogP contribution is 2.34. The van der Waals surface area contributed by atoms with Gasteiger partial charge in [0, 0.05) is 20.8 Å². The normalized spacial score (nSPS) is 45.3. The Morgan fingerprint density at radius 2 is 0.841 bits per heavy atom. The molecule has 69 heavy (non-hydrogen) atoms. The Labute approximate surface area is 391 Å². The molecule has 5 aliphatic heterocycles. The number of hydrogen-bond acceptors (Lipinski definition) is 28. The summed E-state index contributed by atoms with van der Waals surface area (Å²) in [5.74, 6) is -2.42. The molecule has 5 saturated heterocycles. The SMILES string of the molecule is CC(=O)N[C@H]1[C@H](OC[C@H]2OC(O)[C@H](NC(C)=O)[C@@H](O[C@@H]3O[C@H](CO)[C@@H](O[C@@H]4O[C@H](CO)[C@H](O)[C@H](O)[C@H]4O)[C@H](O)[C@H]3NC(C)=O)[C@H]2O)O[C@H](CO)[C@@H](O[C@@H]2O[C@H](COS(=O)(=O)O)[C@H](O)[C@H](O)[C@H]2O)[C@@H]1O. The Balaban J connectivity index is 1.35. The van der Waals surface area contributed by atoms with Gasteiger partial charge in [0.2, 0.25) is 17.7 Å². The van der Waals surface area contributed by atoms with Gasteiger partial charge in [0.15, 0.2) is 31.5 Å². The molecular formula is C36H61N3O29S. The van der Waals surface area contributed by atoms with Gasteiger partial charge in [-0.1, -0.05) is 0 Å². The van der Waals surface area contributed by atoms with Crippen LogP contribution in [0.2, 0.25) is 0 Å². The number of carbonyl (C=O) groups is 3. The van der Waals surface area contributed by atoms with Gasteiger partial charge in [0.05, 0.1) is 33.0 Å². The lowest BCUT2D eigenvalue weighted by atomic mass is 9.93. The lowest BCUT2D eigenvalue weighted by molar-refractivity contribution is -0.362. The summed E-state index contributed by atoms with van der Waals surface area (Å²) in [6.45, 7) is -1.70. The monoisotopic (exact) mass is 1030 g/mol. The van der Waals surface area contributed by atoms with E-state index >= 15 is 0 Å². The van der Waals surface area contributed by atoms with Crippen LogP contribution in [0.4, 0.5) is 0 Å². The van der Waals surface area contributed by atoms with Crippen molar-refractivity contribution in [3.05, 3.63) is 0 Å². The summed E-state index contributed by atoms with van der Waals surface area (Å²) >= 11 is 0. The van der Waals surface area contributed by atoms with Crippen molar-refractivity contribution in [1.29, 1.82) is 0 Å². The number of aliphatic hydroxyl groups excluding tert-OH is 13. The van der Waals surface area contributed by atoms with Crippen LogP contribution in [0.3, 0.4) is 0 Å². The number of rotatable bonds is 18. The maximum atomic E-state index is 12.5. The third-order valence-electron chi connectivity index (χ3n) is 11.7. The third-order valence-corrected chi connectivity index (χ3v) is 12.1. The minimum atomic E-state index is -5.08. The first kappa shape index (κ1) is 57.3. The minimum absolute atomic E-state index is 0.796. The van der Waals surface area contributed by atoms with Gasteiger partial charge >= 0.3 is 10.4 Å². The van der Waals surface area contributed by atoms with Crippen molar-refractivity contribution in [1.82, 2.24) is 16.0 Å². The highest BCUT2D eigenvalue weighted by molar-refractivity contribution is 7.80. The summed E-state index contributed by atoms with van der Waals surface area (Å²) in [5, 5.41) is 146. The molecule has 0 aromatic rings. The van der Waals surface area contributed by atoms with E-state index in [1.165, 1.54) is 0 Å². The number of nitrogens with one attached hydrogen (secondary N) is 3. The molecule has 5 heterocycles. The lowest BCUT2D eigenvalue weighted by Crippen LogP contribution is -2.70. The molecule has 25 atom stereocenters. The van der Waals surface area contributed by atoms with E-state index in [-0.39, 0.29) is 0 Å². The van der Waals surface area contributed by atoms with E-state index in [0.29, 0.717) is 0 Å². The largest absolute Gasteiger partial charge is 0.397 e. The summed E-state index contributed by atoms with van der Waals surface area (Å²) < 4.78 is 86.6.